The quantitative estimate of drug-likeness (QED) is 0.885. The summed E-state index contributed by atoms with van der Waals surface area (Å²) in [6.07, 6.45) is 0.589. The second-order valence-corrected chi connectivity index (χ2v) is 7.69. The van der Waals surface area contributed by atoms with E-state index < -0.39 is 9.84 Å². The van der Waals surface area contributed by atoms with Crippen LogP contribution in [0, 0.1) is 6.92 Å². The molecule has 1 fully saturated rings. The molecule has 1 saturated heterocycles. The summed E-state index contributed by atoms with van der Waals surface area (Å²) in [5, 5.41) is 3.07. The number of carbonyl (C=O) groups excluding carboxylic acids is 1. The van der Waals surface area contributed by atoms with Gasteiger partial charge in [0.05, 0.1) is 18.1 Å². The van der Waals surface area contributed by atoms with E-state index in [1.54, 1.807) is 4.90 Å². The Labute approximate surface area is 126 Å². The minimum atomic E-state index is -2.91. The van der Waals surface area contributed by atoms with E-state index in [9.17, 15) is 13.2 Å². The van der Waals surface area contributed by atoms with Crippen molar-refractivity contribution < 1.29 is 13.2 Å². The average molecular weight is 310 g/mol. The van der Waals surface area contributed by atoms with Gasteiger partial charge in [-0.1, -0.05) is 12.1 Å². The van der Waals surface area contributed by atoms with E-state index in [4.69, 9.17) is 0 Å². The van der Waals surface area contributed by atoms with Crippen LogP contribution in [0.4, 0.5) is 5.69 Å². The molecule has 1 N–H and O–H groups in total. The molecule has 1 aromatic carbocycles. The molecule has 0 aromatic heterocycles. The van der Waals surface area contributed by atoms with Crippen molar-refractivity contribution in [3.05, 3.63) is 29.8 Å². The molecular formula is C15H22N2O3S. The van der Waals surface area contributed by atoms with Crippen molar-refractivity contribution in [1.29, 1.82) is 0 Å². The standard InChI is InChI=1S/C15H22N2O3S/c1-3-17(14-6-4-5-12(2)9-14)15(18)10-16-13-7-8-21(19,20)11-13/h4-6,9,13,16H,3,7-8,10-11H2,1-2H3. The Morgan fingerprint density at radius 3 is 2.76 bits per heavy atom. The fraction of sp³-hybridized carbons (Fsp3) is 0.533. The number of nitrogens with one attached hydrogen (secondary N) is 1. The molecule has 0 bridgehead atoms. The van der Waals surface area contributed by atoms with E-state index in [1.165, 1.54) is 0 Å². The maximum atomic E-state index is 12.3. The summed E-state index contributed by atoms with van der Waals surface area (Å²) >= 11 is 0. The molecule has 0 spiro atoms. The molecule has 1 atom stereocenters. The van der Waals surface area contributed by atoms with E-state index in [0.29, 0.717) is 13.0 Å². The van der Waals surface area contributed by atoms with Crippen molar-refractivity contribution >= 4 is 21.4 Å². The second-order valence-electron chi connectivity index (χ2n) is 5.46. The summed E-state index contributed by atoms with van der Waals surface area (Å²) in [6, 6.07) is 7.70. The lowest BCUT2D eigenvalue weighted by Gasteiger charge is -2.22. The Hall–Kier alpha value is -1.40. The van der Waals surface area contributed by atoms with Crippen LogP contribution in [-0.4, -0.2) is 45.0 Å². The van der Waals surface area contributed by atoms with Gasteiger partial charge in [0.1, 0.15) is 0 Å². The van der Waals surface area contributed by atoms with Gasteiger partial charge in [0, 0.05) is 18.3 Å². The predicted octanol–water partition coefficient (Wildman–Crippen LogP) is 1.12. The molecule has 116 valence electrons. The van der Waals surface area contributed by atoms with Crippen molar-refractivity contribution in [3.63, 3.8) is 0 Å². The molecule has 0 saturated carbocycles. The van der Waals surface area contributed by atoms with Crippen LogP contribution in [-0.2, 0) is 14.6 Å². The summed E-state index contributed by atoms with van der Waals surface area (Å²) < 4.78 is 22.8. The van der Waals surface area contributed by atoms with E-state index in [-0.39, 0.29) is 30.0 Å². The molecule has 6 heteroatoms. The van der Waals surface area contributed by atoms with Crippen LogP contribution < -0.4 is 10.2 Å². The van der Waals surface area contributed by atoms with Crippen LogP contribution in [0.15, 0.2) is 24.3 Å². The number of rotatable bonds is 5. The van der Waals surface area contributed by atoms with Gasteiger partial charge in [0.25, 0.3) is 0 Å². The molecular weight excluding hydrogens is 288 g/mol. The summed E-state index contributed by atoms with van der Waals surface area (Å²) in [4.78, 5) is 14.0. The summed E-state index contributed by atoms with van der Waals surface area (Å²) in [6.45, 7) is 4.68. The Balaban J connectivity index is 1.95. The number of likely N-dealkylation sites (N-methyl/N-ethyl adjacent to an activating group) is 1. The van der Waals surface area contributed by atoms with Crippen LogP contribution in [0.3, 0.4) is 0 Å². The van der Waals surface area contributed by atoms with Crippen molar-refractivity contribution in [3.8, 4) is 0 Å². The highest BCUT2D eigenvalue weighted by Gasteiger charge is 2.28. The highest BCUT2D eigenvalue weighted by molar-refractivity contribution is 7.91. The number of amides is 1. The van der Waals surface area contributed by atoms with Crippen LogP contribution in [0.5, 0.6) is 0 Å². The van der Waals surface area contributed by atoms with Gasteiger partial charge in [0.2, 0.25) is 5.91 Å². The molecule has 1 unspecified atom stereocenters. The number of aryl methyl sites for hydroxylation is 1. The molecule has 0 aliphatic carbocycles. The number of hydrogen-bond acceptors (Lipinski definition) is 4. The fourth-order valence-corrected chi connectivity index (χ4v) is 4.29. The first kappa shape index (κ1) is 16.0. The van der Waals surface area contributed by atoms with Gasteiger partial charge < -0.3 is 10.2 Å². The minimum absolute atomic E-state index is 0.0348. The van der Waals surface area contributed by atoms with Gasteiger partial charge in [-0.05, 0) is 38.0 Å². The van der Waals surface area contributed by atoms with Crippen LogP contribution >= 0.6 is 0 Å². The van der Waals surface area contributed by atoms with Crippen molar-refractivity contribution in [2.24, 2.45) is 0 Å². The largest absolute Gasteiger partial charge is 0.312 e. The van der Waals surface area contributed by atoms with Crippen molar-refractivity contribution in [2.45, 2.75) is 26.3 Å². The Morgan fingerprint density at radius 2 is 2.19 bits per heavy atom. The first-order chi connectivity index (χ1) is 9.91. The van der Waals surface area contributed by atoms with Crippen LogP contribution in [0.25, 0.3) is 0 Å². The van der Waals surface area contributed by atoms with Crippen molar-refractivity contribution in [2.75, 3.05) is 29.5 Å². The summed E-state index contributed by atoms with van der Waals surface area (Å²) in [5.41, 5.74) is 1.98. The number of hydrogen-bond donors (Lipinski definition) is 1. The molecule has 2 rings (SSSR count). The molecule has 1 aliphatic heterocycles. The number of anilines is 1. The number of nitrogens with zero attached hydrogens (tertiary/aromatic N) is 1. The van der Waals surface area contributed by atoms with Crippen LogP contribution in [0.1, 0.15) is 18.9 Å². The molecule has 1 heterocycles. The highest BCUT2D eigenvalue weighted by Crippen LogP contribution is 2.16. The lowest BCUT2D eigenvalue weighted by molar-refractivity contribution is -0.117. The van der Waals surface area contributed by atoms with E-state index in [1.807, 2.05) is 38.1 Å². The van der Waals surface area contributed by atoms with Gasteiger partial charge in [0.15, 0.2) is 9.84 Å². The SMILES string of the molecule is CCN(C(=O)CNC1CCS(=O)(=O)C1)c1cccc(C)c1. The van der Waals surface area contributed by atoms with Gasteiger partial charge in [-0.2, -0.15) is 0 Å². The van der Waals surface area contributed by atoms with Crippen LogP contribution in [0.2, 0.25) is 0 Å². The number of benzene rings is 1. The van der Waals surface area contributed by atoms with Gasteiger partial charge in [-0.3, -0.25) is 4.79 Å². The number of carbonyl (C=O) groups is 1. The minimum Gasteiger partial charge on any atom is -0.312 e. The third-order valence-corrected chi connectivity index (χ3v) is 5.47. The smallest absolute Gasteiger partial charge is 0.240 e. The van der Waals surface area contributed by atoms with Gasteiger partial charge >= 0.3 is 0 Å². The van der Waals surface area contributed by atoms with E-state index in [0.717, 1.165) is 11.3 Å². The lowest BCUT2D eigenvalue weighted by Crippen LogP contribution is -2.42. The maximum absolute atomic E-state index is 12.3. The Kier molecular flexibility index (Phi) is 5.00. The molecule has 1 amide bonds. The van der Waals surface area contributed by atoms with Gasteiger partial charge in [-0.25, -0.2) is 8.42 Å². The maximum Gasteiger partial charge on any atom is 0.240 e. The molecule has 21 heavy (non-hydrogen) atoms. The fourth-order valence-electron chi connectivity index (χ4n) is 2.58. The number of sulfone groups is 1. The zero-order valence-electron chi connectivity index (χ0n) is 12.5. The second kappa shape index (κ2) is 6.58. The molecule has 1 aliphatic rings. The summed E-state index contributed by atoms with van der Waals surface area (Å²) in [5.74, 6) is 0.317. The summed E-state index contributed by atoms with van der Waals surface area (Å²) in [7, 11) is -2.91. The first-order valence-corrected chi connectivity index (χ1v) is 9.04. The lowest BCUT2D eigenvalue weighted by atomic mass is 10.2. The van der Waals surface area contributed by atoms with Crippen molar-refractivity contribution in [1.82, 2.24) is 5.32 Å². The predicted molar refractivity (Wildman–Crippen MR) is 84.3 cm³/mol. The molecule has 1 aromatic rings. The first-order valence-electron chi connectivity index (χ1n) is 7.22. The zero-order chi connectivity index (χ0) is 15.5. The zero-order valence-corrected chi connectivity index (χ0v) is 13.3. The highest BCUT2D eigenvalue weighted by atomic mass is 32.2. The topological polar surface area (TPSA) is 66.5 Å². The van der Waals surface area contributed by atoms with E-state index in [2.05, 4.69) is 5.32 Å². The normalized spacial score (nSPS) is 20.4. The molecule has 5 nitrogen and oxygen atoms in total. The Morgan fingerprint density at radius 1 is 1.43 bits per heavy atom. The molecule has 0 radical (unpaired) electrons. The van der Waals surface area contributed by atoms with Gasteiger partial charge in [-0.15, -0.1) is 0 Å². The Bertz CT molecular complexity index is 613. The third-order valence-electron chi connectivity index (χ3n) is 3.71. The van der Waals surface area contributed by atoms with E-state index >= 15 is 0 Å². The monoisotopic (exact) mass is 310 g/mol. The average Bonchev–Trinajstić information content (AvgIpc) is 2.77. The third kappa shape index (κ3) is 4.28.